The normalized spacial score (nSPS) is 16.9. The van der Waals surface area contributed by atoms with Crippen LogP contribution in [0, 0.1) is 0 Å². The molecule has 0 radical (unpaired) electrons. The van der Waals surface area contributed by atoms with Crippen molar-refractivity contribution in [3.63, 3.8) is 0 Å². The highest BCUT2D eigenvalue weighted by molar-refractivity contribution is 5.58. The van der Waals surface area contributed by atoms with Crippen LogP contribution in [-0.2, 0) is 6.18 Å². The minimum atomic E-state index is -4.35. The first-order chi connectivity index (χ1) is 10.4. The van der Waals surface area contributed by atoms with Gasteiger partial charge in [0.15, 0.2) is 0 Å². The van der Waals surface area contributed by atoms with Gasteiger partial charge in [-0.3, -0.25) is 4.57 Å². The molecule has 1 saturated heterocycles. The van der Waals surface area contributed by atoms with Crippen molar-refractivity contribution in [1.82, 2.24) is 14.9 Å². The number of halogens is 3. The molecule has 0 amide bonds. The fourth-order valence-electron chi connectivity index (χ4n) is 2.75. The SMILES string of the molecule is O=c1[nH]c(-c2ccc(C(F)(F)F)cc2)cn1C1CCNCC1. The first-order valence-corrected chi connectivity index (χ1v) is 7.14. The Balaban J connectivity index is 1.88. The van der Waals surface area contributed by atoms with E-state index in [-0.39, 0.29) is 11.7 Å². The van der Waals surface area contributed by atoms with Crippen LogP contribution in [0.5, 0.6) is 0 Å². The molecule has 3 rings (SSSR count). The highest BCUT2D eigenvalue weighted by Gasteiger charge is 2.30. The van der Waals surface area contributed by atoms with Crippen molar-refractivity contribution in [2.45, 2.75) is 25.1 Å². The Morgan fingerprint density at radius 3 is 2.32 bits per heavy atom. The zero-order chi connectivity index (χ0) is 15.7. The minimum Gasteiger partial charge on any atom is -0.317 e. The summed E-state index contributed by atoms with van der Waals surface area (Å²) in [5.41, 5.74) is 0.188. The molecule has 1 aromatic carbocycles. The van der Waals surface area contributed by atoms with Gasteiger partial charge in [0.1, 0.15) is 0 Å². The summed E-state index contributed by atoms with van der Waals surface area (Å²) in [6.45, 7) is 1.72. The summed E-state index contributed by atoms with van der Waals surface area (Å²) in [7, 11) is 0. The molecule has 7 heteroatoms. The Morgan fingerprint density at radius 2 is 1.73 bits per heavy atom. The number of imidazole rings is 1. The predicted molar refractivity (Wildman–Crippen MR) is 76.6 cm³/mol. The van der Waals surface area contributed by atoms with Crippen molar-refractivity contribution in [3.05, 3.63) is 46.5 Å². The molecule has 2 heterocycles. The molecule has 0 unspecified atom stereocenters. The van der Waals surface area contributed by atoms with Gasteiger partial charge in [-0.05, 0) is 43.6 Å². The van der Waals surface area contributed by atoms with Gasteiger partial charge in [-0.15, -0.1) is 0 Å². The van der Waals surface area contributed by atoms with Gasteiger partial charge in [-0.1, -0.05) is 12.1 Å². The fraction of sp³-hybridized carbons (Fsp3) is 0.400. The monoisotopic (exact) mass is 311 g/mol. The number of nitrogens with one attached hydrogen (secondary N) is 2. The van der Waals surface area contributed by atoms with Gasteiger partial charge in [0.05, 0.1) is 11.3 Å². The van der Waals surface area contributed by atoms with E-state index in [1.54, 1.807) is 10.8 Å². The molecule has 1 fully saturated rings. The molecule has 0 atom stereocenters. The fourth-order valence-corrected chi connectivity index (χ4v) is 2.75. The zero-order valence-electron chi connectivity index (χ0n) is 11.8. The first-order valence-electron chi connectivity index (χ1n) is 7.14. The van der Waals surface area contributed by atoms with Crippen molar-refractivity contribution in [2.75, 3.05) is 13.1 Å². The van der Waals surface area contributed by atoms with Crippen molar-refractivity contribution in [3.8, 4) is 11.3 Å². The van der Waals surface area contributed by atoms with Gasteiger partial charge in [0.2, 0.25) is 0 Å². The Bertz CT molecular complexity index is 694. The van der Waals surface area contributed by atoms with E-state index in [2.05, 4.69) is 10.3 Å². The van der Waals surface area contributed by atoms with Gasteiger partial charge in [-0.2, -0.15) is 13.2 Å². The van der Waals surface area contributed by atoms with E-state index in [9.17, 15) is 18.0 Å². The number of hydrogen-bond acceptors (Lipinski definition) is 2. The summed E-state index contributed by atoms with van der Waals surface area (Å²) in [6.07, 6.45) is -0.928. The van der Waals surface area contributed by atoms with Gasteiger partial charge >= 0.3 is 11.9 Å². The van der Waals surface area contributed by atoms with E-state index < -0.39 is 11.7 Å². The summed E-state index contributed by atoms with van der Waals surface area (Å²) in [4.78, 5) is 14.8. The second-order valence-corrected chi connectivity index (χ2v) is 5.44. The van der Waals surface area contributed by atoms with Crippen LogP contribution in [0.1, 0.15) is 24.4 Å². The quantitative estimate of drug-likeness (QED) is 0.896. The third kappa shape index (κ3) is 2.94. The number of aromatic nitrogens is 2. The van der Waals surface area contributed by atoms with Gasteiger partial charge < -0.3 is 10.3 Å². The maximum Gasteiger partial charge on any atom is 0.416 e. The second-order valence-electron chi connectivity index (χ2n) is 5.44. The number of hydrogen-bond donors (Lipinski definition) is 2. The maximum atomic E-state index is 12.6. The largest absolute Gasteiger partial charge is 0.416 e. The summed E-state index contributed by atoms with van der Waals surface area (Å²) in [5, 5.41) is 3.23. The number of rotatable bonds is 2. The lowest BCUT2D eigenvalue weighted by molar-refractivity contribution is -0.137. The van der Waals surface area contributed by atoms with E-state index in [4.69, 9.17) is 0 Å². The molecule has 22 heavy (non-hydrogen) atoms. The van der Waals surface area contributed by atoms with Crippen molar-refractivity contribution in [1.29, 1.82) is 0 Å². The molecule has 1 aliphatic rings. The molecule has 0 bridgehead atoms. The van der Waals surface area contributed by atoms with Crippen LogP contribution in [-0.4, -0.2) is 22.6 Å². The lowest BCUT2D eigenvalue weighted by Gasteiger charge is -2.22. The summed E-state index contributed by atoms with van der Waals surface area (Å²) < 4.78 is 39.3. The number of piperidine rings is 1. The van der Waals surface area contributed by atoms with Gasteiger partial charge in [-0.25, -0.2) is 4.79 Å². The minimum absolute atomic E-state index is 0.133. The highest BCUT2D eigenvalue weighted by atomic mass is 19.4. The average molecular weight is 311 g/mol. The molecular formula is C15H16F3N3O. The van der Waals surface area contributed by atoms with E-state index >= 15 is 0 Å². The Labute approximate surface area is 125 Å². The molecular weight excluding hydrogens is 295 g/mol. The lowest BCUT2D eigenvalue weighted by atomic mass is 10.1. The number of aromatic amines is 1. The van der Waals surface area contributed by atoms with Crippen LogP contribution in [0.3, 0.4) is 0 Å². The Hall–Kier alpha value is -2.02. The molecule has 1 aliphatic heterocycles. The summed E-state index contributed by atoms with van der Waals surface area (Å²) in [5.74, 6) is 0. The maximum absolute atomic E-state index is 12.6. The molecule has 0 aliphatic carbocycles. The van der Waals surface area contributed by atoms with E-state index in [1.165, 1.54) is 12.1 Å². The van der Waals surface area contributed by atoms with Crippen molar-refractivity contribution in [2.24, 2.45) is 0 Å². The van der Waals surface area contributed by atoms with Gasteiger partial charge in [0.25, 0.3) is 0 Å². The predicted octanol–water partition coefficient (Wildman–Crippen LogP) is 2.79. The third-order valence-electron chi connectivity index (χ3n) is 3.97. The smallest absolute Gasteiger partial charge is 0.317 e. The van der Waals surface area contributed by atoms with Crippen LogP contribution < -0.4 is 11.0 Å². The number of nitrogens with zero attached hydrogens (tertiary/aromatic N) is 1. The topological polar surface area (TPSA) is 49.8 Å². The van der Waals surface area contributed by atoms with Crippen LogP contribution in [0.2, 0.25) is 0 Å². The number of H-pyrrole nitrogens is 1. The second kappa shape index (κ2) is 5.64. The molecule has 0 spiro atoms. The molecule has 0 saturated carbocycles. The molecule has 118 valence electrons. The Kier molecular flexibility index (Phi) is 3.82. The summed E-state index contributed by atoms with van der Waals surface area (Å²) >= 11 is 0. The zero-order valence-corrected chi connectivity index (χ0v) is 11.8. The first kappa shape index (κ1) is 14.9. The summed E-state index contributed by atoms with van der Waals surface area (Å²) in [6, 6.07) is 4.93. The standard InChI is InChI=1S/C15H16F3N3O/c16-15(17,18)11-3-1-10(2-4-11)13-9-21(14(22)20-13)12-5-7-19-8-6-12/h1-4,9,12,19H,5-8H2,(H,20,22). The highest BCUT2D eigenvalue weighted by Crippen LogP contribution is 2.30. The van der Waals surface area contributed by atoms with Crippen LogP contribution >= 0.6 is 0 Å². The number of alkyl halides is 3. The average Bonchev–Trinajstić information content (AvgIpc) is 2.89. The Morgan fingerprint density at radius 1 is 1.09 bits per heavy atom. The van der Waals surface area contributed by atoms with E-state index in [0.717, 1.165) is 38.1 Å². The molecule has 2 aromatic rings. The van der Waals surface area contributed by atoms with Crippen LogP contribution in [0.4, 0.5) is 13.2 Å². The third-order valence-corrected chi connectivity index (χ3v) is 3.97. The van der Waals surface area contributed by atoms with Crippen molar-refractivity contribution >= 4 is 0 Å². The lowest BCUT2D eigenvalue weighted by Crippen LogP contribution is -2.32. The van der Waals surface area contributed by atoms with Gasteiger partial charge in [0, 0.05) is 12.2 Å². The number of benzene rings is 1. The van der Waals surface area contributed by atoms with Crippen LogP contribution in [0.15, 0.2) is 35.3 Å². The van der Waals surface area contributed by atoms with E-state index in [1.807, 2.05) is 0 Å². The van der Waals surface area contributed by atoms with Crippen LogP contribution in [0.25, 0.3) is 11.3 Å². The molecule has 4 nitrogen and oxygen atoms in total. The molecule has 2 N–H and O–H groups in total. The van der Waals surface area contributed by atoms with E-state index in [0.29, 0.717) is 11.3 Å². The van der Waals surface area contributed by atoms with Crippen molar-refractivity contribution < 1.29 is 13.2 Å². The molecule has 1 aromatic heterocycles.